The van der Waals surface area contributed by atoms with Gasteiger partial charge in [-0.15, -0.1) is 6.42 Å². The smallest absolute Gasteiger partial charge is 0.386 e. The van der Waals surface area contributed by atoms with E-state index in [0.29, 0.717) is 0 Å². The van der Waals surface area contributed by atoms with Crippen molar-refractivity contribution in [3.8, 4) is 12.3 Å². The van der Waals surface area contributed by atoms with E-state index in [1.54, 1.807) is 5.92 Å². The molecule has 0 bridgehead atoms. The van der Waals surface area contributed by atoms with Gasteiger partial charge in [-0.3, -0.25) is 0 Å². The summed E-state index contributed by atoms with van der Waals surface area (Å²) in [5.74, 6) is -20.8. The van der Waals surface area contributed by atoms with Crippen LogP contribution in [-0.4, -0.2) is 24.4 Å². The molecule has 16 heavy (non-hydrogen) atoms. The highest BCUT2D eigenvalue weighted by Crippen LogP contribution is 2.59. The van der Waals surface area contributed by atoms with Crippen LogP contribution in [0.5, 0.6) is 0 Å². The van der Waals surface area contributed by atoms with Crippen molar-refractivity contribution in [3.63, 3.8) is 0 Å². The number of hydrogen-bond donors (Lipinski definition) is 0. The standard InChI is InChI=1S/C8H3F7O/c1-2-3-16-5-4(9)6(10,11)8(14,15)7(5,12)13/h1H,3H2. The first-order chi connectivity index (χ1) is 7.10. The molecule has 0 saturated carbocycles. The van der Waals surface area contributed by atoms with Gasteiger partial charge in [-0.05, 0) is 0 Å². The first-order valence-corrected chi connectivity index (χ1v) is 3.71. The van der Waals surface area contributed by atoms with Crippen LogP contribution in [0.15, 0.2) is 11.6 Å². The van der Waals surface area contributed by atoms with Crippen LogP contribution in [0.2, 0.25) is 0 Å². The largest absolute Gasteiger partial charge is 0.476 e. The second-order valence-corrected chi connectivity index (χ2v) is 2.86. The summed E-state index contributed by atoms with van der Waals surface area (Å²) in [6, 6.07) is 0. The minimum atomic E-state index is -5.88. The lowest BCUT2D eigenvalue weighted by molar-refractivity contribution is -0.273. The maximum Gasteiger partial charge on any atom is 0.386 e. The van der Waals surface area contributed by atoms with Crippen LogP contribution in [0.3, 0.4) is 0 Å². The van der Waals surface area contributed by atoms with Crippen LogP contribution in [0, 0.1) is 12.3 Å². The third-order valence-electron chi connectivity index (χ3n) is 1.85. The number of halogens is 7. The predicted octanol–water partition coefficient (Wildman–Crippen LogP) is 2.74. The molecule has 0 aliphatic heterocycles. The van der Waals surface area contributed by atoms with E-state index in [1.807, 2.05) is 0 Å². The van der Waals surface area contributed by atoms with Crippen molar-refractivity contribution in [3.05, 3.63) is 11.6 Å². The summed E-state index contributed by atoms with van der Waals surface area (Å²) in [6.07, 6.45) is 4.54. The summed E-state index contributed by atoms with van der Waals surface area (Å²) >= 11 is 0. The fraction of sp³-hybridized carbons (Fsp3) is 0.500. The van der Waals surface area contributed by atoms with E-state index in [9.17, 15) is 30.7 Å². The maximum atomic E-state index is 12.7. The second kappa shape index (κ2) is 3.30. The van der Waals surface area contributed by atoms with Gasteiger partial charge in [-0.25, -0.2) is 4.39 Å². The minimum absolute atomic E-state index is 1.02. The van der Waals surface area contributed by atoms with Gasteiger partial charge in [0.2, 0.25) is 11.6 Å². The Balaban J connectivity index is 3.26. The summed E-state index contributed by atoms with van der Waals surface area (Å²) in [6.45, 7) is -1.02. The van der Waals surface area contributed by atoms with Gasteiger partial charge >= 0.3 is 17.8 Å². The Morgan fingerprint density at radius 2 is 1.56 bits per heavy atom. The van der Waals surface area contributed by atoms with Crippen molar-refractivity contribution < 1.29 is 35.5 Å². The molecule has 0 heterocycles. The summed E-state index contributed by atoms with van der Waals surface area (Å²) < 4.78 is 91.9. The minimum Gasteiger partial charge on any atom is -0.476 e. The monoisotopic (exact) mass is 248 g/mol. The zero-order valence-electron chi connectivity index (χ0n) is 7.34. The molecule has 1 aliphatic rings. The second-order valence-electron chi connectivity index (χ2n) is 2.86. The Labute approximate surface area is 84.9 Å². The SMILES string of the molecule is C#CCOC1=C(F)C(F)(F)C(F)(F)C1(F)F. The Kier molecular flexibility index (Phi) is 2.61. The van der Waals surface area contributed by atoms with Gasteiger partial charge in [0.25, 0.3) is 0 Å². The molecule has 1 nitrogen and oxygen atoms in total. The van der Waals surface area contributed by atoms with Crippen molar-refractivity contribution in [1.82, 2.24) is 0 Å². The van der Waals surface area contributed by atoms with Gasteiger partial charge in [0, 0.05) is 0 Å². The van der Waals surface area contributed by atoms with Crippen molar-refractivity contribution in [1.29, 1.82) is 0 Å². The van der Waals surface area contributed by atoms with Gasteiger partial charge in [0.05, 0.1) is 0 Å². The molecule has 0 aromatic rings. The lowest BCUT2D eigenvalue weighted by Gasteiger charge is -2.23. The molecule has 0 N–H and O–H groups in total. The van der Waals surface area contributed by atoms with Crippen molar-refractivity contribution in [2.24, 2.45) is 0 Å². The highest BCUT2D eigenvalue weighted by atomic mass is 19.3. The Bertz CT molecular complexity index is 376. The molecule has 1 rings (SSSR count). The fourth-order valence-corrected chi connectivity index (χ4v) is 1.03. The molecular weight excluding hydrogens is 245 g/mol. The first-order valence-electron chi connectivity index (χ1n) is 3.71. The number of ether oxygens (including phenoxy) is 1. The first kappa shape index (κ1) is 12.7. The Morgan fingerprint density at radius 1 is 1.06 bits per heavy atom. The molecule has 90 valence electrons. The highest BCUT2D eigenvalue weighted by molar-refractivity contribution is 5.33. The van der Waals surface area contributed by atoms with E-state index in [4.69, 9.17) is 0 Å². The molecule has 0 aromatic heterocycles. The van der Waals surface area contributed by atoms with Gasteiger partial charge in [-0.1, -0.05) is 5.92 Å². The molecule has 0 aromatic carbocycles. The van der Waals surface area contributed by atoms with Crippen molar-refractivity contribution in [2.45, 2.75) is 17.8 Å². The van der Waals surface area contributed by atoms with E-state index in [1.165, 1.54) is 0 Å². The zero-order valence-corrected chi connectivity index (χ0v) is 7.34. The molecule has 0 fully saturated rings. The molecule has 0 amide bonds. The molecule has 8 heteroatoms. The molecular formula is C8H3F7O. The van der Waals surface area contributed by atoms with Crippen LogP contribution in [-0.2, 0) is 4.74 Å². The molecule has 0 radical (unpaired) electrons. The van der Waals surface area contributed by atoms with Gasteiger partial charge in [0.15, 0.2) is 0 Å². The fourth-order valence-electron chi connectivity index (χ4n) is 1.03. The average Bonchev–Trinajstić information content (AvgIpc) is 2.23. The topological polar surface area (TPSA) is 9.23 Å². The highest BCUT2D eigenvalue weighted by Gasteiger charge is 2.82. The summed E-state index contributed by atoms with van der Waals surface area (Å²) in [5, 5.41) is 0. The summed E-state index contributed by atoms with van der Waals surface area (Å²) in [7, 11) is 0. The molecule has 0 spiro atoms. The molecule has 0 unspecified atom stereocenters. The normalized spacial score (nSPS) is 25.4. The van der Waals surface area contributed by atoms with E-state index >= 15 is 0 Å². The van der Waals surface area contributed by atoms with Crippen LogP contribution in [0.25, 0.3) is 0 Å². The van der Waals surface area contributed by atoms with Crippen molar-refractivity contribution >= 4 is 0 Å². The van der Waals surface area contributed by atoms with Crippen LogP contribution >= 0.6 is 0 Å². The van der Waals surface area contributed by atoms with Crippen LogP contribution < -0.4 is 0 Å². The number of terminal acetylenes is 1. The molecule has 1 aliphatic carbocycles. The lowest BCUT2D eigenvalue weighted by atomic mass is 10.1. The number of hydrogen-bond acceptors (Lipinski definition) is 1. The number of allylic oxidation sites excluding steroid dienone is 2. The van der Waals surface area contributed by atoms with E-state index < -0.39 is 36.0 Å². The van der Waals surface area contributed by atoms with Crippen LogP contribution in [0.1, 0.15) is 0 Å². The molecule has 0 saturated heterocycles. The third-order valence-corrected chi connectivity index (χ3v) is 1.85. The van der Waals surface area contributed by atoms with E-state index in [0.717, 1.165) is 0 Å². The molecule has 0 atom stereocenters. The van der Waals surface area contributed by atoms with E-state index in [2.05, 4.69) is 11.2 Å². The van der Waals surface area contributed by atoms with Gasteiger partial charge in [0.1, 0.15) is 6.61 Å². The summed E-state index contributed by atoms with van der Waals surface area (Å²) in [5.41, 5.74) is 0. The van der Waals surface area contributed by atoms with Crippen LogP contribution in [0.4, 0.5) is 30.7 Å². The summed E-state index contributed by atoms with van der Waals surface area (Å²) in [4.78, 5) is 0. The lowest BCUT2D eigenvalue weighted by Crippen LogP contribution is -2.49. The van der Waals surface area contributed by atoms with E-state index in [-0.39, 0.29) is 0 Å². The van der Waals surface area contributed by atoms with Gasteiger partial charge in [-0.2, -0.15) is 26.3 Å². The average molecular weight is 248 g/mol. The predicted molar refractivity (Wildman–Crippen MR) is 37.8 cm³/mol. The maximum absolute atomic E-state index is 12.7. The van der Waals surface area contributed by atoms with Crippen molar-refractivity contribution in [2.75, 3.05) is 6.61 Å². The Hall–Kier alpha value is -1.39. The number of alkyl halides is 6. The third kappa shape index (κ3) is 1.27. The Morgan fingerprint density at radius 3 is 1.88 bits per heavy atom. The quantitative estimate of drug-likeness (QED) is 0.539. The number of rotatable bonds is 2. The zero-order chi connectivity index (χ0) is 12.8. The van der Waals surface area contributed by atoms with Gasteiger partial charge < -0.3 is 4.74 Å².